The van der Waals surface area contributed by atoms with E-state index >= 15 is 0 Å². The molecule has 0 saturated heterocycles. The van der Waals surface area contributed by atoms with Gasteiger partial charge < -0.3 is 10.3 Å². The molecule has 4 heteroatoms. The summed E-state index contributed by atoms with van der Waals surface area (Å²) in [5.41, 5.74) is 7.98. The summed E-state index contributed by atoms with van der Waals surface area (Å²) in [5.74, 6) is 2.16. The smallest absolute Gasteiger partial charge is 0.248 e. The number of rotatable bonds is 6. The minimum absolute atomic E-state index is 0.388. The maximum absolute atomic E-state index is 11.4. The molecule has 1 heterocycles. The summed E-state index contributed by atoms with van der Waals surface area (Å²) in [4.78, 5) is 16.3. The van der Waals surface area contributed by atoms with Gasteiger partial charge in [0.15, 0.2) is 0 Å². The highest BCUT2D eigenvalue weighted by Gasteiger charge is 2.20. The van der Waals surface area contributed by atoms with Gasteiger partial charge in [0, 0.05) is 18.5 Å². The van der Waals surface area contributed by atoms with E-state index in [2.05, 4.69) is 18.4 Å². The molecule has 0 bridgehead atoms. The monoisotopic (exact) mass is 313 g/mol. The van der Waals surface area contributed by atoms with Crippen molar-refractivity contribution in [2.24, 2.45) is 17.6 Å². The molecular weight excluding hydrogens is 286 g/mol. The second-order valence-electron chi connectivity index (χ2n) is 7.07. The van der Waals surface area contributed by atoms with Gasteiger partial charge in [-0.1, -0.05) is 46.0 Å². The summed E-state index contributed by atoms with van der Waals surface area (Å²) in [6.45, 7) is 5.50. The number of fused-ring (bicyclic) bond motifs is 1. The lowest BCUT2D eigenvalue weighted by molar-refractivity contribution is 0.100. The van der Waals surface area contributed by atoms with Crippen LogP contribution in [0.4, 0.5) is 0 Å². The zero-order chi connectivity index (χ0) is 16.4. The van der Waals surface area contributed by atoms with Gasteiger partial charge >= 0.3 is 0 Å². The number of hydrogen-bond acceptors (Lipinski definition) is 2. The number of nitrogens with zero attached hydrogens (tertiary/aromatic N) is 2. The molecule has 1 unspecified atom stereocenters. The van der Waals surface area contributed by atoms with Gasteiger partial charge in [0.1, 0.15) is 5.82 Å². The van der Waals surface area contributed by atoms with Crippen LogP contribution >= 0.6 is 0 Å². The Labute approximate surface area is 138 Å². The number of hydrogen-bond donors (Lipinski definition) is 1. The first-order chi connectivity index (χ1) is 11.1. The predicted octanol–water partition coefficient (Wildman–Crippen LogP) is 3.91. The van der Waals surface area contributed by atoms with Gasteiger partial charge in [-0.25, -0.2) is 4.98 Å². The Morgan fingerprint density at radius 2 is 2.13 bits per heavy atom. The molecule has 1 saturated carbocycles. The fraction of sp³-hybridized carbons (Fsp3) is 0.579. The summed E-state index contributed by atoms with van der Waals surface area (Å²) in [6, 6.07) is 5.66. The van der Waals surface area contributed by atoms with Gasteiger partial charge in [-0.3, -0.25) is 4.79 Å². The van der Waals surface area contributed by atoms with Gasteiger partial charge in [-0.15, -0.1) is 0 Å². The summed E-state index contributed by atoms with van der Waals surface area (Å²) in [6.07, 6.45) is 7.54. The molecule has 23 heavy (non-hydrogen) atoms. The van der Waals surface area contributed by atoms with E-state index in [0.29, 0.717) is 11.5 Å². The molecule has 2 N–H and O–H groups in total. The van der Waals surface area contributed by atoms with Crippen molar-refractivity contribution in [2.75, 3.05) is 0 Å². The van der Waals surface area contributed by atoms with Crippen LogP contribution in [-0.4, -0.2) is 15.5 Å². The highest BCUT2D eigenvalue weighted by molar-refractivity contribution is 5.96. The van der Waals surface area contributed by atoms with Crippen molar-refractivity contribution < 1.29 is 4.79 Å². The summed E-state index contributed by atoms with van der Waals surface area (Å²) in [5, 5.41) is 0. The van der Waals surface area contributed by atoms with Crippen LogP contribution in [0.2, 0.25) is 0 Å². The van der Waals surface area contributed by atoms with Crippen molar-refractivity contribution in [2.45, 2.75) is 58.9 Å². The molecular formula is C19H27N3O. The van der Waals surface area contributed by atoms with Crippen molar-refractivity contribution in [1.82, 2.24) is 9.55 Å². The minimum atomic E-state index is -0.388. The van der Waals surface area contributed by atoms with Crippen molar-refractivity contribution in [3.8, 4) is 0 Å². The van der Waals surface area contributed by atoms with E-state index in [1.54, 1.807) is 0 Å². The number of primary amides is 1. The summed E-state index contributed by atoms with van der Waals surface area (Å²) < 4.78 is 2.37. The van der Waals surface area contributed by atoms with Crippen LogP contribution in [0.15, 0.2) is 18.2 Å². The molecule has 1 amide bonds. The lowest BCUT2D eigenvalue weighted by Crippen LogP contribution is -2.13. The van der Waals surface area contributed by atoms with E-state index < -0.39 is 0 Å². The normalized spacial score (nSPS) is 17.0. The van der Waals surface area contributed by atoms with Gasteiger partial charge in [0.25, 0.3) is 0 Å². The number of benzene rings is 1. The molecule has 124 valence electrons. The van der Waals surface area contributed by atoms with E-state index in [9.17, 15) is 4.79 Å². The second-order valence-corrected chi connectivity index (χ2v) is 7.07. The maximum atomic E-state index is 11.4. The molecule has 0 spiro atoms. The molecule has 0 aliphatic heterocycles. The van der Waals surface area contributed by atoms with Crippen LogP contribution in [0.25, 0.3) is 11.0 Å². The first-order valence-electron chi connectivity index (χ1n) is 8.87. The van der Waals surface area contributed by atoms with Gasteiger partial charge in [-0.2, -0.15) is 0 Å². The molecule has 1 atom stereocenters. The molecule has 4 nitrogen and oxygen atoms in total. The van der Waals surface area contributed by atoms with Crippen LogP contribution in [0.3, 0.4) is 0 Å². The van der Waals surface area contributed by atoms with Crippen LogP contribution in [-0.2, 0) is 13.0 Å². The molecule has 1 aromatic carbocycles. The van der Waals surface area contributed by atoms with E-state index in [1.165, 1.54) is 31.5 Å². The topological polar surface area (TPSA) is 60.9 Å². The number of imidazole rings is 1. The van der Waals surface area contributed by atoms with E-state index in [0.717, 1.165) is 36.3 Å². The van der Waals surface area contributed by atoms with Crippen LogP contribution < -0.4 is 5.73 Å². The third-order valence-corrected chi connectivity index (χ3v) is 5.25. The van der Waals surface area contributed by atoms with Gasteiger partial charge in [0.2, 0.25) is 5.91 Å². The lowest BCUT2D eigenvalue weighted by atomic mass is 10.0. The molecule has 1 fully saturated rings. The third-order valence-electron chi connectivity index (χ3n) is 5.25. The number of aromatic nitrogens is 2. The van der Waals surface area contributed by atoms with Crippen molar-refractivity contribution in [3.63, 3.8) is 0 Å². The van der Waals surface area contributed by atoms with E-state index in [1.807, 2.05) is 18.2 Å². The number of nitrogens with two attached hydrogens (primary N) is 1. The molecule has 1 aliphatic rings. The fourth-order valence-electron chi connectivity index (χ4n) is 3.61. The van der Waals surface area contributed by atoms with Crippen LogP contribution in [0.5, 0.6) is 0 Å². The Morgan fingerprint density at radius 1 is 1.39 bits per heavy atom. The van der Waals surface area contributed by atoms with E-state index in [4.69, 9.17) is 10.7 Å². The van der Waals surface area contributed by atoms with E-state index in [-0.39, 0.29) is 5.91 Å². The highest BCUT2D eigenvalue weighted by Crippen LogP contribution is 2.29. The molecule has 3 rings (SSSR count). The van der Waals surface area contributed by atoms with Crippen LogP contribution in [0.1, 0.15) is 62.1 Å². The second kappa shape index (κ2) is 6.73. The Kier molecular flexibility index (Phi) is 4.69. The molecule has 2 aromatic rings. The average molecular weight is 313 g/mol. The molecule has 1 aliphatic carbocycles. The molecule has 1 aromatic heterocycles. The number of carbonyl (C=O) groups is 1. The van der Waals surface area contributed by atoms with Gasteiger partial charge in [-0.05, 0) is 30.0 Å². The van der Waals surface area contributed by atoms with Crippen LogP contribution in [0, 0.1) is 11.8 Å². The quantitative estimate of drug-likeness (QED) is 0.878. The Morgan fingerprint density at radius 3 is 2.78 bits per heavy atom. The molecule has 0 radical (unpaired) electrons. The number of amides is 1. The van der Waals surface area contributed by atoms with Gasteiger partial charge in [0.05, 0.1) is 11.0 Å². The lowest BCUT2D eigenvalue weighted by Gasteiger charge is -2.15. The zero-order valence-electron chi connectivity index (χ0n) is 14.2. The minimum Gasteiger partial charge on any atom is -0.366 e. The standard InChI is InChI=1S/C19H27N3O/c1-3-13(2)12-22-17-9-8-15(19(20)23)11-16(17)21-18(22)10-14-6-4-5-7-14/h8-9,11,13-14H,3-7,10,12H2,1-2H3,(H2,20,23). The Balaban J connectivity index is 2.00. The summed E-state index contributed by atoms with van der Waals surface area (Å²) >= 11 is 0. The van der Waals surface area contributed by atoms with Crippen molar-refractivity contribution in [3.05, 3.63) is 29.6 Å². The first-order valence-corrected chi connectivity index (χ1v) is 8.87. The average Bonchev–Trinajstić information content (AvgIpc) is 3.15. The first kappa shape index (κ1) is 16.0. The summed E-state index contributed by atoms with van der Waals surface area (Å²) in [7, 11) is 0. The zero-order valence-corrected chi connectivity index (χ0v) is 14.2. The maximum Gasteiger partial charge on any atom is 0.248 e. The fourth-order valence-corrected chi connectivity index (χ4v) is 3.61. The largest absolute Gasteiger partial charge is 0.366 e. The van der Waals surface area contributed by atoms with Crippen molar-refractivity contribution in [1.29, 1.82) is 0 Å². The third kappa shape index (κ3) is 3.41. The Bertz CT molecular complexity index is 698. The highest BCUT2D eigenvalue weighted by atomic mass is 16.1. The Hall–Kier alpha value is -1.84. The SMILES string of the molecule is CCC(C)Cn1c(CC2CCCC2)nc2cc(C(N)=O)ccc21. The van der Waals surface area contributed by atoms with Crippen molar-refractivity contribution >= 4 is 16.9 Å². The number of carbonyl (C=O) groups excluding carboxylic acids is 1. The predicted molar refractivity (Wildman–Crippen MR) is 93.4 cm³/mol.